The molecule has 7 heteroatoms. The third-order valence-electron chi connectivity index (χ3n) is 5.23. The van der Waals surface area contributed by atoms with Crippen LogP contribution in [-0.4, -0.2) is 67.5 Å². The molecule has 1 fully saturated rings. The lowest BCUT2D eigenvalue weighted by Crippen LogP contribution is -2.35. The number of ether oxygens (including phenoxy) is 2. The van der Waals surface area contributed by atoms with Crippen molar-refractivity contribution in [2.75, 3.05) is 40.9 Å². The Morgan fingerprint density at radius 3 is 2.50 bits per heavy atom. The number of nitrogens with zero attached hydrogens (tertiary/aromatic N) is 2. The van der Waals surface area contributed by atoms with Gasteiger partial charge in [0.25, 0.3) is 11.7 Å². The Kier molecular flexibility index (Phi) is 7.33. The van der Waals surface area contributed by atoms with Crippen molar-refractivity contribution in [3.8, 4) is 11.5 Å². The molecule has 1 heterocycles. The number of aliphatic hydroxyl groups is 1. The van der Waals surface area contributed by atoms with Crippen molar-refractivity contribution in [1.29, 1.82) is 0 Å². The van der Waals surface area contributed by atoms with Gasteiger partial charge in [-0.15, -0.1) is 0 Å². The third kappa shape index (κ3) is 4.84. The SMILES string of the molecule is C=CCOc1ccc(C(O)=C2C(=O)C(=O)N(CCN(C)C)[C@H]2c2cccc(OC)c2)cc1. The molecule has 0 aromatic heterocycles. The zero-order chi connectivity index (χ0) is 23.3. The van der Waals surface area contributed by atoms with E-state index in [-0.39, 0.29) is 11.3 Å². The number of rotatable bonds is 9. The van der Waals surface area contributed by atoms with Crippen LogP contribution in [0.25, 0.3) is 5.76 Å². The van der Waals surface area contributed by atoms with Crippen LogP contribution in [0.15, 0.2) is 66.8 Å². The maximum Gasteiger partial charge on any atom is 0.295 e. The molecule has 1 aliphatic rings. The fourth-order valence-corrected chi connectivity index (χ4v) is 3.60. The summed E-state index contributed by atoms with van der Waals surface area (Å²) in [4.78, 5) is 29.4. The predicted molar refractivity (Wildman–Crippen MR) is 123 cm³/mol. The van der Waals surface area contributed by atoms with Crippen LogP contribution in [-0.2, 0) is 9.59 Å². The van der Waals surface area contributed by atoms with E-state index < -0.39 is 17.7 Å². The second-order valence-corrected chi connectivity index (χ2v) is 7.70. The van der Waals surface area contributed by atoms with Crippen molar-refractivity contribution in [1.82, 2.24) is 9.80 Å². The molecule has 0 radical (unpaired) electrons. The topological polar surface area (TPSA) is 79.3 Å². The standard InChI is InChI=1S/C25H28N2O5/c1-5-15-32-19-11-9-17(10-12-19)23(28)21-22(18-7-6-8-20(16-18)31-4)27(14-13-26(2)3)25(30)24(21)29/h5-12,16,22,28H,1,13-15H2,2-4H3/t22-/m0/s1. The number of carbonyl (C=O) groups excluding carboxylic acids is 2. The molecule has 1 aliphatic heterocycles. The van der Waals surface area contributed by atoms with Crippen LogP contribution in [0.4, 0.5) is 0 Å². The normalized spacial score (nSPS) is 17.6. The van der Waals surface area contributed by atoms with Gasteiger partial charge in [0.15, 0.2) is 0 Å². The summed E-state index contributed by atoms with van der Waals surface area (Å²) in [6.07, 6.45) is 1.64. The number of likely N-dealkylation sites (tertiary alicyclic amines) is 1. The zero-order valence-electron chi connectivity index (χ0n) is 18.6. The number of Topliss-reactive ketones (excluding diaryl/α,β-unsaturated/α-hetero) is 1. The molecule has 1 saturated heterocycles. The molecule has 7 nitrogen and oxygen atoms in total. The average molecular weight is 437 g/mol. The minimum atomic E-state index is -0.721. The molecular weight excluding hydrogens is 408 g/mol. The molecule has 32 heavy (non-hydrogen) atoms. The minimum absolute atomic E-state index is 0.0572. The molecule has 0 spiro atoms. The highest BCUT2D eigenvalue weighted by Crippen LogP contribution is 2.40. The number of likely N-dealkylation sites (N-methyl/N-ethyl adjacent to an activating group) is 1. The van der Waals surface area contributed by atoms with Crippen molar-refractivity contribution in [3.05, 3.63) is 77.9 Å². The first-order valence-corrected chi connectivity index (χ1v) is 10.3. The Bertz CT molecular complexity index is 1030. The molecule has 3 rings (SSSR count). The molecule has 1 N–H and O–H groups in total. The summed E-state index contributed by atoms with van der Waals surface area (Å²) in [7, 11) is 5.35. The van der Waals surface area contributed by atoms with Gasteiger partial charge in [-0.25, -0.2) is 0 Å². The molecule has 168 valence electrons. The number of ketones is 1. The van der Waals surface area contributed by atoms with E-state index in [2.05, 4.69) is 6.58 Å². The van der Waals surface area contributed by atoms with E-state index in [0.29, 0.717) is 42.3 Å². The Morgan fingerprint density at radius 1 is 1.16 bits per heavy atom. The summed E-state index contributed by atoms with van der Waals surface area (Å²) < 4.78 is 10.8. The maximum absolute atomic E-state index is 13.0. The van der Waals surface area contributed by atoms with Crippen molar-refractivity contribution in [2.45, 2.75) is 6.04 Å². The second kappa shape index (κ2) is 10.2. The molecule has 0 bridgehead atoms. The lowest BCUT2D eigenvalue weighted by atomic mass is 9.95. The van der Waals surface area contributed by atoms with E-state index in [9.17, 15) is 14.7 Å². The molecule has 0 aliphatic carbocycles. The van der Waals surface area contributed by atoms with Gasteiger partial charge < -0.3 is 24.4 Å². The predicted octanol–water partition coefficient (Wildman–Crippen LogP) is 3.24. The van der Waals surface area contributed by atoms with Gasteiger partial charge in [0.1, 0.15) is 23.9 Å². The summed E-state index contributed by atoms with van der Waals surface area (Å²) in [5.41, 5.74) is 1.17. The fourth-order valence-electron chi connectivity index (χ4n) is 3.60. The summed E-state index contributed by atoms with van der Waals surface area (Å²) in [5.74, 6) is -0.353. The third-order valence-corrected chi connectivity index (χ3v) is 5.23. The Morgan fingerprint density at radius 2 is 1.88 bits per heavy atom. The Balaban J connectivity index is 2.08. The van der Waals surface area contributed by atoms with E-state index in [1.807, 2.05) is 25.1 Å². The summed E-state index contributed by atoms with van der Waals surface area (Å²) in [6.45, 7) is 4.88. The van der Waals surface area contributed by atoms with Gasteiger partial charge in [0.05, 0.1) is 18.7 Å². The lowest BCUT2D eigenvalue weighted by Gasteiger charge is -2.26. The first-order chi connectivity index (χ1) is 15.4. The average Bonchev–Trinajstić information content (AvgIpc) is 3.06. The lowest BCUT2D eigenvalue weighted by molar-refractivity contribution is -0.140. The van der Waals surface area contributed by atoms with Crippen molar-refractivity contribution >= 4 is 17.4 Å². The minimum Gasteiger partial charge on any atom is -0.507 e. The number of benzene rings is 2. The molecule has 2 aromatic carbocycles. The summed E-state index contributed by atoms with van der Waals surface area (Å²) >= 11 is 0. The smallest absolute Gasteiger partial charge is 0.295 e. The van der Waals surface area contributed by atoms with E-state index >= 15 is 0 Å². The Labute approximate surface area is 188 Å². The van der Waals surface area contributed by atoms with Gasteiger partial charge in [-0.05, 0) is 56.1 Å². The number of hydrogen-bond donors (Lipinski definition) is 1. The van der Waals surface area contributed by atoms with Crippen LogP contribution < -0.4 is 9.47 Å². The fraction of sp³-hybridized carbons (Fsp3) is 0.280. The monoisotopic (exact) mass is 436 g/mol. The van der Waals surface area contributed by atoms with Gasteiger partial charge in [0.2, 0.25) is 0 Å². The van der Waals surface area contributed by atoms with Crippen molar-refractivity contribution in [3.63, 3.8) is 0 Å². The van der Waals surface area contributed by atoms with Crippen LogP contribution in [0.2, 0.25) is 0 Å². The van der Waals surface area contributed by atoms with Crippen LogP contribution >= 0.6 is 0 Å². The highest BCUT2D eigenvalue weighted by Gasteiger charge is 2.46. The first-order valence-electron chi connectivity index (χ1n) is 10.3. The largest absolute Gasteiger partial charge is 0.507 e. The number of methoxy groups -OCH3 is 1. The first kappa shape index (κ1) is 23.1. The van der Waals surface area contributed by atoms with E-state index in [1.54, 1.807) is 55.7 Å². The van der Waals surface area contributed by atoms with Crippen LogP contribution in [0, 0.1) is 0 Å². The van der Waals surface area contributed by atoms with Gasteiger partial charge in [0, 0.05) is 18.7 Å². The Hall–Kier alpha value is -3.58. The van der Waals surface area contributed by atoms with Crippen molar-refractivity contribution in [2.24, 2.45) is 0 Å². The van der Waals surface area contributed by atoms with E-state index in [0.717, 1.165) is 0 Å². The van der Waals surface area contributed by atoms with Crippen LogP contribution in [0.1, 0.15) is 17.2 Å². The van der Waals surface area contributed by atoms with Gasteiger partial charge >= 0.3 is 0 Å². The highest BCUT2D eigenvalue weighted by molar-refractivity contribution is 6.46. The second-order valence-electron chi connectivity index (χ2n) is 7.70. The molecule has 1 atom stereocenters. The molecule has 2 aromatic rings. The van der Waals surface area contributed by atoms with Crippen LogP contribution in [0.5, 0.6) is 11.5 Å². The van der Waals surface area contributed by atoms with Gasteiger partial charge in [-0.2, -0.15) is 0 Å². The molecule has 0 unspecified atom stereocenters. The van der Waals surface area contributed by atoms with E-state index in [4.69, 9.17) is 9.47 Å². The highest BCUT2D eigenvalue weighted by atomic mass is 16.5. The number of hydrogen-bond acceptors (Lipinski definition) is 6. The molecular formula is C25H28N2O5. The molecule has 1 amide bonds. The summed E-state index contributed by atoms with van der Waals surface area (Å²) in [6, 6.07) is 13.2. The van der Waals surface area contributed by atoms with Gasteiger partial charge in [-0.1, -0.05) is 24.8 Å². The number of aliphatic hydroxyl groups excluding tert-OH is 1. The van der Waals surface area contributed by atoms with Crippen LogP contribution in [0.3, 0.4) is 0 Å². The molecule has 0 saturated carbocycles. The van der Waals surface area contributed by atoms with Gasteiger partial charge in [-0.3, -0.25) is 9.59 Å². The summed E-state index contributed by atoms with van der Waals surface area (Å²) in [5, 5.41) is 11.1. The number of amides is 1. The maximum atomic E-state index is 13.0. The van der Waals surface area contributed by atoms with Crippen molar-refractivity contribution < 1.29 is 24.2 Å². The quantitative estimate of drug-likeness (QED) is 0.281. The van der Waals surface area contributed by atoms with E-state index in [1.165, 1.54) is 4.90 Å². The zero-order valence-corrected chi connectivity index (χ0v) is 18.6. The number of carbonyl (C=O) groups is 2.